The molecule has 0 fully saturated rings. The maximum Gasteiger partial charge on any atom is 0.311 e. The molecule has 3 heterocycles. The normalized spacial score (nSPS) is 11.7. The fraction of sp³-hybridized carbons (Fsp3) is 0.188. The van der Waals surface area contributed by atoms with Gasteiger partial charge in [-0.15, -0.1) is 5.10 Å². The van der Waals surface area contributed by atoms with Crippen LogP contribution in [0.2, 0.25) is 0 Å². The Morgan fingerprint density at radius 2 is 1.75 bits per heavy atom. The van der Waals surface area contributed by atoms with E-state index in [4.69, 9.17) is 14.6 Å². The van der Waals surface area contributed by atoms with E-state index in [2.05, 4.69) is 17.0 Å². The molecule has 0 saturated heterocycles. The molecule has 0 radical (unpaired) electrons. The standard InChI is InChI=1S/C32H28N6O5S/c1-3-5-17-43-25-14-11-21(12-15-25)30-33-32-37(35-30)31(39)28(44-32)19-23-20-36(24-9-7-6-8-10-24)34-29(23)22-13-16-27(42-4-2)26(18-22)38(40)41/h6-16,18-20H,3-5,17H2,1-2H3/b28-19-. The molecule has 0 amide bonds. The lowest BCUT2D eigenvalue weighted by atomic mass is 10.1. The summed E-state index contributed by atoms with van der Waals surface area (Å²) in [5.41, 5.74) is 2.67. The van der Waals surface area contributed by atoms with Crippen molar-refractivity contribution < 1.29 is 14.4 Å². The second-order valence-electron chi connectivity index (χ2n) is 9.86. The minimum atomic E-state index is -0.480. The number of hydrogen-bond donors (Lipinski definition) is 0. The van der Waals surface area contributed by atoms with Crippen LogP contribution >= 0.6 is 11.3 Å². The average molecular weight is 609 g/mol. The molecule has 3 aromatic carbocycles. The van der Waals surface area contributed by atoms with E-state index in [0.717, 1.165) is 29.8 Å². The number of ether oxygens (including phenoxy) is 2. The zero-order valence-electron chi connectivity index (χ0n) is 24.0. The summed E-state index contributed by atoms with van der Waals surface area (Å²) in [4.78, 5) is 29.9. The molecule has 11 nitrogen and oxygen atoms in total. The van der Waals surface area contributed by atoms with Crippen LogP contribution in [0.1, 0.15) is 32.3 Å². The largest absolute Gasteiger partial charge is 0.494 e. The Kier molecular flexibility index (Phi) is 8.15. The maximum absolute atomic E-state index is 13.4. The van der Waals surface area contributed by atoms with Crippen molar-refractivity contribution in [3.05, 3.63) is 110 Å². The minimum Gasteiger partial charge on any atom is -0.494 e. The predicted molar refractivity (Wildman–Crippen MR) is 169 cm³/mol. The third kappa shape index (κ3) is 5.79. The number of fused-ring (bicyclic) bond motifs is 1. The summed E-state index contributed by atoms with van der Waals surface area (Å²) < 4.78 is 14.6. The lowest BCUT2D eigenvalue weighted by Crippen LogP contribution is -2.23. The molecular formula is C32H28N6O5S. The van der Waals surface area contributed by atoms with Gasteiger partial charge in [0.15, 0.2) is 11.6 Å². The molecule has 0 saturated carbocycles. The van der Waals surface area contributed by atoms with Gasteiger partial charge in [-0.1, -0.05) is 42.9 Å². The Morgan fingerprint density at radius 3 is 2.45 bits per heavy atom. The highest BCUT2D eigenvalue weighted by atomic mass is 32.1. The van der Waals surface area contributed by atoms with Crippen LogP contribution in [0.4, 0.5) is 5.69 Å². The third-order valence-corrected chi connectivity index (χ3v) is 7.80. The van der Waals surface area contributed by atoms with Crippen molar-refractivity contribution in [3.8, 4) is 39.8 Å². The number of aromatic nitrogens is 5. The summed E-state index contributed by atoms with van der Waals surface area (Å²) in [5.74, 6) is 1.39. The summed E-state index contributed by atoms with van der Waals surface area (Å²) in [6.07, 6.45) is 5.55. The minimum absolute atomic E-state index is 0.166. The molecule has 3 aromatic heterocycles. The van der Waals surface area contributed by atoms with Gasteiger partial charge in [0.2, 0.25) is 4.96 Å². The van der Waals surface area contributed by atoms with Crippen molar-refractivity contribution in [2.75, 3.05) is 13.2 Å². The lowest BCUT2D eigenvalue weighted by molar-refractivity contribution is -0.385. The average Bonchev–Trinajstić information content (AvgIpc) is 3.73. The van der Waals surface area contributed by atoms with Crippen molar-refractivity contribution in [2.45, 2.75) is 26.7 Å². The number of thiazole rings is 1. The molecule has 0 spiro atoms. The highest BCUT2D eigenvalue weighted by Crippen LogP contribution is 2.34. The van der Waals surface area contributed by atoms with E-state index in [1.807, 2.05) is 54.6 Å². The molecule has 222 valence electrons. The Labute approximate surface area is 255 Å². The number of nitro groups is 1. The molecule has 0 atom stereocenters. The number of benzene rings is 3. The van der Waals surface area contributed by atoms with Gasteiger partial charge in [0.25, 0.3) is 5.56 Å². The van der Waals surface area contributed by atoms with Crippen LogP contribution in [0.25, 0.3) is 39.4 Å². The SMILES string of the molecule is CCCCOc1ccc(-c2nc3s/c(=C\c4cn(-c5ccccc5)nc4-c4ccc(OCC)c([N+](=O)[O-])c4)c(=O)n3n2)cc1. The molecule has 0 unspecified atom stereocenters. The molecule has 0 aliphatic heterocycles. The second-order valence-corrected chi connectivity index (χ2v) is 10.9. The van der Waals surface area contributed by atoms with Gasteiger partial charge in [-0.05, 0) is 68.0 Å². The lowest BCUT2D eigenvalue weighted by Gasteiger charge is -2.06. The Bertz CT molecular complexity index is 2050. The molecule has 6 aromatic rings. The summed E-state index contributed by atoms with van der Waals surface area (Å²) in [5, 5.41) is 21.1. The molecule has 44 heavy (non-hydrogen) atoms. The van der Waals surface area contributed by atoms with Crippen LogP contribution < -0.4 is 19.6 Å². The number of nitro benzene ring substituents is 1. The van der Waals surface area contributed by atoms with Crippen molar-refractivity contribution in [2.24, 2.45) is 0 Å². The van der Waals surface area contributed by atoms with Crippen molar-refractivity contribution in [1.82, 2.24) is 24.4 Å². The Balaban J connectivity index is 1.40. The topological polar surface area (TPSA) is 127 Å². The first-order valence-corrected chi connectivity index (χ1v) is 15.0. The van der Waals surface area contributed by atoms with E-state index in [-0.39, 0.29) is 17.0 Å². The monoisotopic (exact) mass is 608 g/mol. The number of unbranched alkanes of at least 4 members (excludes halogenated alkanes) is 1. The van der Waals surface area contributed by atoms with Crippen molar-refractivity contribution >= 4 is 28.1 Å². The van der Waals surface area contributed by atoms with Gasteiger partial charge in [0.1, 0.15) is 11.4 Å². The molecule has 0 aliphatic rings. The summed E-state index contributed by atoms with van der Waals surface area (Å²) in [7, 11) is 0. The van der Waals surface area contributed by atoms with E-state index in [1.54, 1.807) is 36.0 Å². The third-order valence-electron chi connectivity index (χ3n) is 6.84. The van der Waals surface area contributed by atoms with E-state index >= 15 is 0 Å². The smallest absolute Gasteiger partial charge is 0.311 e. The van der Waals surface area contributed by atoms with Crippen LogP contribution in [0, 0.1) is 10.1 Å². The molecule has 12 heteroatoms. The van der Waals surface area contributed by atoms with Gasteiger partial charge in [-0.2, -0.15) is 14.6 Å². The van der Waals surface area contributed by atoms with E-state index in [9.17, 15) is 14.9 Å². The number of hydrogen-bond acceptors (Lipinski definition) is 9. The predicted octanol–water partition coefficient (Wildman–Crippen LogP) is 5.70. The van der Waals surface area contributed by atoms with Gasteiger partial charge in [-0.25, -0.2) is 4.68 Å². The van der Waals surface area contributed by atoms with Gasteiger partial charge < -0.3 is 9.47 Å². The fourth-order valence-electron chi connectivity index (χ4n) is 4.65. The van der Waals surface area contributed by atoms with Gasteiger partial charge in [0.05, 0.1) is 28.4 Å². The molecular weight excluding hydrogens is 580 g/mol. The molecule has 6 rings (SSSR count). The molecule has 0 N–H and O–H groups in total. The highest BCUT2D eigenvalue weighted by molar-refractivity contribution is 7.15. The zero-order chi connectivity index (χ0) is 30.6. The quantitative estimate of drug-likeness (QED) is 0.104. The number of nitrogens with zero attached hydrogens (tertiary/aromatic N) is 6. The van der Waals surface area contributed by atoms with E-state index < -0.39 is 4.92 Å². The Hall–Kier alpha value is -5.36. The highest BCUT2D eigenvalue weighted by Gasteiger charge is 2.20. The van der Waals surface area contributed by atoms with Crippen LogP contribution in [-0.2, 0) is 0 Å². The molecule has 0 aliphatic carbocycles. The summed E-state index contributed by atoms with van der Waals surface area (Å²) in [6, 6.07) is 21.7. The van der Waals surface area contributed by atoms with Crippen LogP contribution in [0.3, 0.4) is 0 Å². The van der Waals surface area contributed by atoms with Crippen LogP contribution in [0.5, 0.6) is 11.5 Å². The van der Waals surface area contributed by atoms with E-state index in [0.29, 0.717) is 45.4 Å². The molecule has 0 bridgehead atoms. The fourth-order valence-corrected chi connectivity index (χ4v) is 5.55. The first-order valence-electron chi connectivity index (χ1n) is 14.2. The maximum atomic E-state index is 13.4. The van der Waals surface area contributed by atoms with E-state index in [1.165, 1.54) is 21.9 Å². The zero-order valence-corrected chi connectivity index (χ0v) is 24.9. The summed E-state index contributed by atoms with van der Waals surface area (Å²) >= 11 is 1.21. The van der Waals surface area contributed by atoms with Gasteiger partial charge >= 0.3 is 5.69 Å². The first-order chi connectivity index (χ1) is 21.4. The number of rotatable bonds is 11. The van der Waals surface area contributed by atoms with Crippen molar-refractivity contribution in [1.29, 1.82) is 0 Å². The van der Waals surface area contributed by atoms with Crippen LogP contribution in [0.15, 0.2) is 83.8 Å². The van der Waals surface area contributed by atoms with Crippen LogP contribution in [-0.4, -0.2) is 42.5 Å². The first kappa shape index (κ1) is 28.7. The number of para-hydroxylation sites is 1. The van der Waals surface area contributed by atoms with Gasteiger partial charge in [-0.3, -0.25) is 14.9 Å². The Morgan fingerprint density at radius 1 is 0.977 bits per heavy atom. The van der Waals surface area contributed by atoms with Crippen molar-refractivity contribution in [3.63, 3.8) is 0 Å². The second kappa shape index (κ2) is 12.5. The van der Waals surface area contributed by atoms with Gasteiger partial charge in [0, 0.05) is 29.0 Å². The summed E-state index contributed by atoms with van der Waals surface area (Å²) in [6.45, 7) is 4.84.